The van der Waals surface area contributed by atoms with E-state index >= 15 is 0 Å². The summed E-state index contributed by atoms with van der Waals surface area (Å²) in [5.41, 5.74) is 2.54. The Morgan fingerprint density at radius 3 is 2.42 bits per heavy atom. The molecule has 0 bridgehead atoms. The van der Waals surface area contributed by atoms with Crippen LogP contribution in [0.5, 0.6) is 0 Å². The van der Waals surface area contributed by atoms with Crippen LogP contribution in [0.2, 0.25) is 0 Å². The molecule has 0 saturated carbocycles. The highest BCUT2D eigenvalue weighted by atomic mass is 16.1. The van der Waals surface area contributed by atoms with Crippen molar-refractivity contribution in [2.24, 2.45) is 0 Å². The topological polar surface area (TPSA) is 17.1 Å². The van der Waals surface area contributed by atoms with Gasteiger partial charge in [0.1, 0.15) is 6.29 Å². The van der Waals surface area contributed by atoms with Crippen LogP contribution in [0.1, 0.15) is 40.0 Å². The number of allylic oxidation sites excluding steroid dienone is 4. The number of carbonyl (C=O) groups is 1. The molecule has 0 aromatic heterocycles. The number of unbranched alkanes of at least 4 members (excludes halogenated alkanes) is 1. The number of carbonyl (C=O) groups excluding carboxylic acids is 1. The van der Waals surface area contributed by atoms with E-state index < -0.39 is 0 Å². The minimum absolute atomic E-state index is 0.857. The van der Waals surface area contributed by atoms with Gasteiger partial charge in [0.25, 0.3) is 0 Å². The first-order valence-electron chi connectivity index (χ1n) is 4.41. The van der Waals surface area contributed by atoms with Crippen LogP contribution in [0.3, 0.4) is 0 Å². The van der Waals surface area contributed by atoms with Crippen molar-refractivity contribution in [3.05, 3.63) is 23.3 Å². The fourth-order valence-corrected chi connectivity index (χ4v) is 0.971. The summed E-state index contributed by atoms with van der Waals surface area (Å²) in [7, 11) is 0. The van der Waals surface area contributed by atoms with Crippen LogP contribution >= 0.6 is 0 Å². The van der Waals surface area contributed by atoms with Crippen LogP contribution in [-0.4, -0.2) is 6.29 Å². The van der Waals surface area contributed by atoms with Gasteiger partial charge in [-0.3, -0.25) is 4.79 Å². The van der Waals surface area contributed by atoms with Crippen LogP contribution in [0, 0.1) is 0 Å². The van der Waals surface area contributed by atoms with E-state index in [1.165, 1.54) is 11.1 Å². The Kier molecular flexibility index (Phi) is 6.35. The molecule has 0 atom stereocenters. The smallest absolute Gasteiger partial charge is 0.142 e. The Morgan fingerprint density at radius 2 is 1.92 bits per heavy atom. The SMILES string of the molecule is CC(C)=CCCC/C(C)=C/C=O. The second-order valence-electron chi connectivity index (χ2n) is 3.32. The molecule has 0 aromatic rings. The maximum absolute atomic E-state index is 10.1. The molecular weight excluding hydrogens is 148 g/mol. The zero-order chi connectivity index (χ0) is 9.40. The van der Waals surface area contributed by atoms with E-state index in [-0.39, 0.29) is 0 Å². The molecule has 0 heterocycles. The molecule has 0 aliphatic heterocycles. The fourth-order valence-electron chi connectivity index (χ4n) is 0.971. The molecule has 1 nitrogen and oxygen atoms in total. The van der Waals surface area contributed by atoms with Crippen LogP contribution in [0.15, 0.2) is 23.3 Å². The Bertz CT molecular complexity index is 183. The molecule has 0 aromatic carbocycles. The van der Waals surface area contributed by atoms with Crippen molar-refractivity contribution in [1.82, 2.24) is 0 Å². The third kappa shape index (κ3) is 7.26. The molecule has 0 radical (unpaired) electrons. The van der Waals surface area contributed by atoms with Gasteiger partial charge < -0.3 is 0 Å². The molecule has 0 rings (SSSR count). The molecular formula is C11H18O. The summed E-state index contributed by atoms with van der Waals surface area (Å²) in [6.45, 7) is 6.21. The lowest BCUT2D eigenvalue weighted by Crippen LogP contribution is -1.79. The van der Waals surface area contributed by atoms with Crippen LogP contribution in [0.25, 0.3) is 0 Å². The lowest BCUT2D eigenvalue weighted by molar-refractivity contribution is -0.104. The highest BCUT2D eigenvalue weighted by Crippen LogP contribution is 2.07. The Labute approximate surface area is 75.2 Å². The third-order valence-electron chi connectivity index (χ3n) is 1.68. The molecule has 68 valence electrons. The maximum atomic E-state index is 10.1. The average molecular weight is 166 g/mol. The van der Waals surface area contributed by atoms with Gasteiger partial charge in [-0.25, -0.2) is 0 Å². The highest BCUT2D eigenvalue weighted by Gasteiger charge is 1.88. The van der Waals surface area contributed by atoms with E-state index in [0.29, 0.717) is 0 Å². The van der Waals surface area contributed by atoms with Gasteiger partial charge in [-0.2, -0.15) is 0 Å². The molecule has 0 saturated heterocycles. The molecule has 0 unspecified atom stereocenters. The lowest BCUT2D eigenvalue weighted by atomic mass is 10.1. The molecule has 0 fully saturated rings. The van der Waals surface area contributed by atoms with E-state index in [2.05, 4.69) is 19.9 Å². The van der Waals surface area contributed by atoms with Crippen LogP contribution in [-0.2, 0) is 4.79 Å². The van der Waals surface area contributed by atoms with Gasteiger partial charge in [-0.1, -0.05) is 17.2 Å². The van der Waals surface area contributed by atoms with Gasteiger partial charge >= 0.3 is 0 Å². The van der Waals surface area contributed by atoms with Crippen molar-refractivity contribution < 1.29 is 4.79 Å². The quantitative estimate of drug-likeness (QED) is 0.265. The fraction of sp³-hybridized carbons (Fsp3) is 0.545. The van der Waals surface area contributed by atoms with E-state index in [4.69, 9.17) is 0 Å². The van der Waals surface area contributed by atoms with Gasteiger partial charge in [0, 0.05) is 0 Å². The van der Waals surface area contributed by atoms with Gasteiger partial charge in [0.2, 0.25) is 0 Å². The Hall–Kier alpha value is -0.850. The summed E-state index contributed by atoms with van der Waals surface area (Å²) in [6, 6.07) is 0. The number of aldehydes is 1. The Morgan fingerprint density at radius 1 is 1.25 bits per heavy atom. The molecule has 0 aliphatic rings. The van der Waals surface area contributed by atoms with Gasteiger partial charge in [0.15, 0.2) is 0 Å². The Balaban J connectivity index is 3.50. The lowest BCUT2D eigenvalue weighted by Gasteiger charge is -1.96. The predicted molar refractivity (Wildman–Crippen MR) is 53.1 cm³/mol. The minimum atomic E-state index is 0.857. The van der Waals surface area contributed by atoms with Crippen molar-refractivity contribution in [2.75, 3.05) is 0 Å². The van der Waals surface area contributed by atoms with Crippen molar-refractivity contribution in [3.8, 4) is 0 Å². The standard InChI is InChI=1S/C11H18O/c1-10(2)6-4-5-7-11(3)8-9-12/h6,8-9H,4-5,7H2,1-3H3/b11-8+. The van der Waals surface area contributed by atoms with Crippen molar-refractivity contribution in [2.45, 2.75) is 40.0 Å². The second-order valence-corrected chi connectivity index (χ2v) is 3.32. The summed E-state index contributed by atoms with van der Waals surface area (Å²) in [5, 5.41) is 0. The molecule has 0 aliphatic carbocycles. The summed E-state index contributed by atoms with van der Waals surface area (Å²) < 4.78 is 0. The monoisotopic (exact) mass is 166 g/mol. The molecule has 12 heavy (non-hydrogen) atoms. The number of hydrogen-bond acceptors (Lipinski definition) is 1. The third-order valence-corrected chi connectivity index (χ3v) is 1.68. The van der Waals surface area contributed by atoms with Gasteiger partial charge in [0.05, 0.1) is 0 Å². The van der Waals surface area contributed by atoms with Crippen LogP contribution in [0.4, 0.5) is 0 Å². The first-order chi connectivity index (χ1) is 5.66. The molecule has 0 spiro atoms. The highest BCUT2D eigenvalue weighted by molar-refractivity contribution is 5.65. The summed E-state index contributed by atoms with van der Waals surface area (Å²) in [5.74, 6) is 0. The zero-order valence-electron chi connectivity index (χ0n) is 8.26. The van der Waals surface area contributed by atoms with Gasteiger partial charge in [-0.15, -0.1) is 0 Å². The van der Waals surface area contributed by atoms with E-state index in [1.807, 2.05) is 6.92 Å². The van der Waals surface area contributed by atoms with Crippen molar-refractivity contribution in [3.63, 3.8) is 0 Å². The van der Waals surface area contributed by atoms with Crippen molar-refractivity contribution >= 4 is 6.29 Å². The normalized spacial score (nSPS) is 11.1. The van der Waals surface area contributed by atoms with E-state index in [0.717, 1.165) is 25.5 Å². The first kappa shape index (κ1) is 11.2. The second kappa shape index (κ2) is 6.84. The minimum Gasteiger partial charge on any atom is -0.299 e. The summed E-state index contributed by atoms with van der Waals surface area (Å²) in [6.07, 6.45) is 8.02. The van der Waals surface area contributed by atoms with Crippen molar-refractivity contribution in [1.29, 1.82) is 0 Å². The summed E-state index contributed by atoms with van der Waals surface area (Å²) in [4.78, 5) is 10.1. The molecule has 0 N–H and O–H groups in total. The number of hydrogen-bond donors (Lipinski definition) is 0. The first-order valence-corrected chi connectivity index (χ1v) is 4.41. The van der Waals surface area contributed by atoms with E-state index in [1.54, 1.807) is 6.08 Å². The summed E-state index contributed by atoms with van der Waals surface area (Å²) >= 11 is 0. The van der Waals surface area contributed by atoms with E-state index in [9.17, 15) is 4.79 Å². The average Bonchev–Trinajstić information content (AvgIpc) is 1.98. The molecule has 1 heteroatoms. The van der Waals surface area contributed by atoms with Crippen LogP contribution < -0.4 is 0 Å². The predicted octanol–water partition coefficient (Wildman–Crippen LogP) is 3.27. The molecule has 0 amide bonds. The van der Waals surface area contributed by atoms with Gasteiger partial charge in [-0.05, 0) is 46.1 Å². The zero-order valence-corrected chi connectivity index (χ0v) is 8.26. The number of rotatable bonds is 5. The maximum Gasteiger partial charge on any atom is 0.142 e. The largest absolute Gasteiger partial charge is 0.299 e.